The van der Waals surface area contributed by atoms with E-state index in [0.29, 0.717) is 38.9 Å². The second kappa shape index (κ2) is 5.92. The summed E-state index contributed by atoms with van der Waals surface area (Å²) in [6.07, 6.45) is 1.76. The summed E-state index contributed by atoms with van der Waals surface area (Å²) < 4.78 is 36.3. The van der Waals surface area contributed by atoms with Crippen LogP contribution in [0.15, 0.2) is 0 Å². The third kappa shape index (κ3) is 3.05. The van der Waals surface area contributed by atoms with Crippen LogP contribution in [0.3, 0.4) is 0 Å². The lowest BCUT2D eigenvalue weighted by atomic mass is 9.69. The average Bonchev–Trinajstić information content (AvgIpc) is 2.89. The Morgan fingerprint density at radius 3 is 2.22 bits per heavy atom. The number of Topliss-reactive ketones (excluding diaryl/α,β-unsaturated/α-hetero) is 1. The summed E-state index contributed by atoms with van der Waals surface area (Å²) in [4.78, 5) is 12.5. The molecule has 0 amide bonds. The molecule has 2 heterocycles. The van der Waals surface area contributed by atoms with E-state index < -0.39 is 24.5 Å². The lowest BCUT2D eigenvalue weighted by Crippen LogP contribution is -2.51. The fourth-order valence-electron chi connectivity index (χ4n) is 4.00. The van der Waals surface area contributed by atoms with Gasteiger partial charge in [-0.25, -0.2) is 0 Å². The van der Waals surface area contributed by atoms with Crippen LogP contribution in [-0.2, 0) is 27.9 Å². The topological polar surface area (TPSA) is 71.1 Å². The van der Waals surface area contributed by atoms with Gasteiger partial charge in [0.05, 0.1) is 25.4 Å². The molecule has 0 N–H and O–H groups in total. The van der Waals surface area contributed by atoms with Crippen LogP contribution in [-0.4, -0.2) is 42.7 Å². The highest BCUT2D eigenvalue weighted by Gasteiger charge is 2.58. The number of hydrogen-bond donors (Lipinski definition) is 0. The first-order valence-electron chi connectivity index (χ1n) is 8.45. The number of rotatable bonds is 2. The van der Waals surface area contributed by atoms with Crippen molar-refractivity contribution in [2.45, 2.75) is 77.0 Å². The minimum absolute atomic E-state index is 0.0336. The van der Waals surface area contributed by atoms with Crippen molar-refractivity contribution < 1.29 is 27.9 Å². The molecule has 7 heteroatoms. The lowest BCUT2D eigenvalue weighted by molar-refractivity contribution is -0.227. The third-order valence-corrected chi connectivity index (χ3v) is 8.11. The molecule has 0 radical (unpaired) electrons. The minimum Gasteiger partial charge on any atom is -0.347 e. The molecule has 0 aromatic heterocycles. The summed E-state index contributed by atoms with van der Waals surface area (Å²) in [7, 11) is -3.47. The number of ketones is 1. The molecule has 2 saturated heterocycles. The van der Waals surface area contributed by atoms with Gasteiger partial charge in [-0.05, 0) is 33.6 Å². The molecule has 23 heavy (non-hydrogen) atoms. The molecule has 2 aliphatic heterocycles. The zero-order valence-electron chi connectivity index (χ0n) is 14.4. The molecule has 132 valence electrons. The predicted octanol–water partition coefficient (Wildman–Crippen LogP) is 3.28. The molecule has 0 spiro atoms. The second-order valence-corrected chi connectivity index (χ2v) is 9.62. The van der Waals surface area contributed by atoms with Gasteiger partial charge in [0.15, 0.2) is 5.79 Å². The van der Waals surface area contributed by atoms with Crippen molar-refractivity contribution in [3.8, 4) is 0 Å². The van der Waals surface area contributed by atoms with Crippen LogP contribution in [0.5, 0.6) is 0 Å². The molecule has 6 nitrogen and oxygen atoms in total. The van der Waals surface area contributed by atoms with E-state index in [0.717, 1.165) is 0 Å². The van der Waals surface area contributed by atoms with Gasteiger partial charge in [0.25, 0.3) is 0 Å². The maximum absolute atomic E-state index is 13.3. The van der Waals surface area contributed by atoms with Crippen molar-refractivity contribution in [3.05, 3.63) is 0 Å². The molecule has 1 aliphatic carbocycles. The Bertz CT molecular complexity index is 515. The Kier molecular flexibility index (Phi) is 4.52. The molecule has 0 aromatic carbocycles. The highest BCUT2D eigenvalue weighted by molar-refractivity contribution is 7.55. The van der Waals surface area contributed by atoms with E-state index in [2.05, 4.69) is 0 Å². The van der Waals surface area contributed by atoms with Crippen LogP contribution < -0.4 is 0 Å². The minimum atomic E-state index is -3.47. The smallest absolute Gasteiger partial charge is 0.341 e. The number of ether oxygens (including phenoxy) is 2. The molecule has 3 fully saturated rings. The van der Waals surface area contributed by atoms with Crippen LogP contribution in [0.25, 0.3) is 0 Å². The van der Waals surface area contributed by atoms with Gasteiger partial charge in [-0.1, -0.05) is 6.92 Å². The number of carbonyl (C=O) groups is 1. The summed E-state index contributed by atoms with van der Waals surface area (Å²) in [5.74, 6) is -0.785. The largest absolute Gasteiger partial charge is 0.347 e. The Balaban J connectivity index is 1.86. The molecule has 3 aliphatic rings. The van der Waals surface area contributed by atoms with E-state index in [-0.39, 0.29) is 18.0 Å². The SMILES string of the molecule is C[C@@H]1C[C@@H](C)OP(=O)(C2C[C@@](C)(C3(C)OCCO3)CCC2=O)O1. The van der Waals surface area contributed by atoms with Crippen molar-refractivity contribution >= 4 is 13.4 Å². The number of hydrogen-bond acceptors (Lipinski definition) is 6. The predicted molar refractivity (Wildman–Crippen MR) is 84.4 cm³/mol. The molecular formula is C16H27O6P. The van der Waals surface area contributed by atoms with Gasteiger partial charge in [-0.3, -0.25) is 9.36 Å². The van der Waals surface area contributed by atoms with Gasteiger partial charge in [-0.2, -0.15) is 0 Å². The van der Waals surface area contributed by atoms with E-state index in [1.165, 1.54) is 0 Å². The maximum Gasteiger partial charge on any atom is 0.341 e. The first kappa shape index (κ1) is 17.6. The Morgan fingerprint density at radius 1 is 1.09 bits per heavy atom. The molecule has 1 unspecified atom stereocenters. The van der Waals surface area contributed by atoms with E-state index >= 15 is 0 Å². The van der Waals surface area contributed by atoms with Gasteiger partial charge < -0.3 is 18.5 Å². The Labute approximate surface area is 137 Å². The fraction of sp³-hybridized carbons (Fsp3) is 0.938. The summed E-state index contributed by atoms with van der Waals surface area (Å²) in [5, 5.41) is 0. The molecular weight excluding hydrogens is 319 g/mol. The average molecular weight is 346 g/mol. The summed E-state index contributed by atoms with van der Waals surface area (Å²) in [6, 6.07) is 0. The standard InChI is InChI=1S/C16H27O6P/c1-11-9-12(2)22-23(18,21-11)14-10-15(3,6-5-13(14)17)16(4)19-7-8-20-16/h11-12,14H,5-10H2,1-4H3/t11-,12-,14?,15+/m1/s1. The molecule has 0 bridgehead atoms. The molecule has 1 saturated carbocycles. The Hall–Kier alpha value is -0.260. The summed E-state index contributed by atoms with van der Waals surface area (Å²) >= 11 is 0. The normalized spacial score (nSPS) is 47.7. The van der Waals surface area contributed by atoms with Crippen molar-refractivity contribution in [2.24, 2.45) is 5.41 Å². The van der Waals surface area contributed by atoms with Gasteiger partial charge >= 0.3 is 7.60 Å². The lowest BCUT2D eigenvalue weighted by Gasteiger charge is -2.48. The quantitative estimate of drug-likeness (QED) is 0.715. The van der Waals surface area contributed by atoms with E-state index in [1.54, 1.807) is 0 Å². The fourth-order valence-corrected chi connectivity index (χ4v) is 6.63. The van der Waals surface area contributed by atoms with E-state index in [9.17, 15) is 9.36 Å². The maximum atomic E-state index is 13.3. The van der Waals surface area contributed by atoms with Crippen molar-refractivity contribution in [3.63, 3.8) is 0 Å². The highest BCUT2D eigenvalue weighted by Crippen LogP contribution is 2.64. The van der Waals surface area contributed by atoms with E-state index in [1.807, 2.05) is 27.7 Å². The van der Waals surface area contributed by atoms with Gasteiger partial charge in [-0.15, -0.1) is 0 Å². The first-order chi connectivity index (χ1) is 10.7. The van der Waals surface area contributed by atoms with Gasteiger partial charge in [0.1, 0.15) is 11.4 Å². The van der Waals surface area contributed by atoms with Crippen LogP contribution in [0, 0.1) is 5.41 Å². The van der Waals surface area contributed by atoms with Crippen molar-refractivity contribution in [2.75, 3.05) is 13.2 Å². The molecule has 0 aromatic rings. The summed E-state index contributed by atoms with van der Waals surface area (Å²) in [6.45, 7) is 8.80. The first-order valence-corrected chi connectivity index (χ1v) is 10.1. The number of carbonyl (C=O) groups excluding carboxylic acids is 1. The van der Waals surface area contributed by atoms with Crippen LogP contribution in [0.2, 0.25) is 0 Å². The van der Waals surface area contributed by atoms with E-state index in [4.69, 9.17) is 18.5 Å². The molecule has 4 atom stereocenters. The third-order valence-electron chi connectivity index (χ3n) is 5.57. The van der Waals surface area contributed by atoms with Crippen LogP contribution >= 0.6 is 7.60 Å². The van der Waals surface area contributed by atoms with Crippen LogP contribution in [0.4, 0.5) is 0 Å². The van der Waals surface area contributed by atoms with Gasteiger partial charge in [0.2, 0.25) is 0 Å². The Morgan fingerprint density at radius 2 is 1.65 bits per heavy atom. The zero-order chi connectivity index (χ0) is 16.9. The van der Waals surface area contributed by atoms with Crippen molar-refractivity contribution in [1.82, 2.24) is 0 Å². The highest BCUT2D eigenvalue weighted by atomic mass is 31.2. The van der Waals surface area contributed by atoms with Crippen molar-refractivity contribution in [1.29, 1.82) is 0 Å². The monoisotopic (exact) mass is 346 g/mol. The summed E-state index contributed by atoms with van der Waals surface area (Å²) in [5.41, 5.74) is -1.12. The zero-order valence-corrected chi connectivity index (χ0v) is 15.3. The van der Waals surface area contributed by atoms with Gasteiger partial charge in [0, 0.05) is 18.3 Å². The van der Waals surface area contributed by atoms with Crippen LogP contribution in [0.1, 0.15) is 53.4 Å². The second-order valence-electron chi connectivity index (χ2n) is 7.50. The molecule has 3 rings (SSSR count).